The van der Waals surface area contributed by atoms with Crippen LogP contribution in [0.5, 0.6) is 0 Å². The molecule has 1 aromatic heterocycles. The van der Waals surface area contributed by atoms with Crippen LogP contribution in [0.4, 0.5) is 11.8 Å². The van der Waals surface area contributed by atoms with Gasteiger partial charge in [0.25, 0.3) is 5.91 Å². The molecule has 7 heteroatoms. The number of amides is 1. The Hall–Kier alpha value is -1.89. The summed E-state index contributed by atoms with van der Waals surface area (Å²) in [6.07, 6.45) is 5.96. The normalized spacial score (nSPS) is 21.0. The first kappa shape index (κ1) is 21.4. The van der Waals surface area contributed by atoms with Crippen LogP contribution in [-0.2, 0) is 4.74 Å². The maximum atomic E-state index is 11.8. The van der Waals surface area contributed by atoms with E-state index in [0.29, 0.717) is 29.5 Å². The van der Waals surface area contributed by atoms with Crippen molar-refractivity contribution >= 4 is 17.7 Å². The summed E-state index contributed by atoms with van der Waals surface area (Å²) in [6, 6.07) is 0.310. The van der Waals surface area contributed by atoms with Crippen molar-refractivity contribution in [2.45, 2.75) is 84.9 Å². The predicted molar refractivity (Wildman–Crippen MR) is 109 cm³/mol. The van der Waals surface area contributed by atoms with Crippen molar-refractivity contribution < 1.29 is 9.53 Å². The van der Waals surface area contributed by atoms with Crippen LogP contribution in [-0.4, -0.2) is 40.2 Å². The SMILES string of the molecule is CCO[C@H]1CC[C@H](Nc2ncc(C(N)=O)c(NC(C)(C)C(C)(C)C)n2)CC1. The van der Waals surface area contributed by atoms with Gasteiger partial charge in [0.15, 0.2) is 0 Å². The average molecular weight is 378 g/mol. The zero-order valence-electron chi connectivity index (χ0n) is 17.6. The molecule has 1 fully saturated rings. The lowest BCUT2D eigenvalue weighted by Crippen LogP contribution is -2.45. The van der Waals surface area contributed by atoms with Crippen LogP contribution in [0.1, 0.15) is 77.6 Å². The second-order valence-corrected chi connectivity index (χ2v) is 8.89. The zero-order valence-corrected chi connectivity index (χ0v) is 17.6. The zero-order chi connectivity index (χ0) is 20.2. The van der Waals surface area contributed by atoms with Crippen LogP contribution in [0.25, 0.3) is 0 Å². The highest BCUT2D eigenvalue weighted by Gasteiger charge is 2.34. The van der Waals surface area contributed by atoms with Gasteiger partial charge in [0.05, 0.1) is 11.7 Å². The molecule has 1 saturated carbocycles. The van der Waals surface area contributed by atoms with Crippen LogP contribution in [0.15, 0.2) is 6.20 Å². The number of hydrogen-bond donors (Lipinski definition) is 3. The largest absolute Gasteiger partial charge is 0.379 e. The van der Waals surface area contributed by atoms with E-state index in [1.165, 1.54) is 6.20 Å². The van der Waals surface area contributed by atoms with Crippen molar-refractivity contribution in [1.29, 1.82) is 0 Å². The lowest BCUT2D eigenvalue weighted by Gasteiger charge is -2.40. The summed E-state index contributed by atoms with van der Waals surface area (Å²) < 4.78 is 5.71. The monoisotopic (exact) mass is 377 g/mol. The molecule has 0 bridgehead atoms. The summed E-state index contributed by atoms with van der Waals surface area (Å²) in [6.45, 7) is 13.4. The number of nitrogens with two attached hydrogens (primary N) is 1. The van der Waals surface area contributed by atoms with Gasteiger partial charge in [0.2, 0.25) is 5.95 Å². The van der Waals surface area contributed by atoms with Gasteiger partial charge >= 0.3 is 0 Å². The minimum atomic E-state index is -0.536. The van der Waals surface area contributed by atoms with E-state index in [0.717, 1.165) is 32.3 Å². The van der Waals surface area contributed by atoms with Gasteiger partial charge in [-0.3, -0.25) is 4.79 Å². The topological polar surface area (TPSA) is 102 Å². The first-order valence-corrected chi connectivity index (χ1v) is 9.86. The van der Waals surface area contributed by atoms with Gasteiger partial charge in [-0.2, -0.15) is 4.98 Å². The van der Waals surface area contributed by atoms with Crippen LogP contribution in [0.3, 0.4) is 0 Å². The number of nitrogens with one attached hydrogen (secondary N) is 2. The van der Waals surface area contributed by atoms with Gasteiger partial charge < -0.3 is 21.1 Å². The highest BCUT2D eigenvalue weighted by atomic mass is 16.5. The highest BCUT2D eigenvalue weighted by Crippen LogP contribution is 2.33. The Morgan fingerprint density at radius 3 is 2.37 bits per heavy atom. The Morgan fingerprint density at radius 1 is 1.22 bits per heavy atom. The lowest BCUT2D eigenvalue weighted by molar-refractivity contribution is 0.0346. The average Bonchev–Trinajstić information content (AvgIpc) is 2.55. The summed E-state index contributed by atoms with van der Waals surface area (Å²) in [4.78, 5) is 20.7. The Balaban J connectivity index is 2.14. The second kappa shape index (κ2) is 8.42. The van der Waals surface area contributed by atoms with Crippen molar-refractivity contribution in [2.75, 3.05) is 17.2 Å². The number of carbonyl (C=O) groups excluding carboxylic acids is 1. The first-order valence-electron chi connectivity index (χ1n) is 9.86. The molecule has 1 aliphatic rings. The van der Waals surface area contributed by atoms with Crippen LogP contribution in [0, 0.1) is 5.41 Å². The summed E-state index contributed by atoms with van der Waals surface area (Å²) in [5.74, 6) is 0.459. The third kappa shape index (κ3) is 5.54. The minimum Gasteiger partial charge on any atom is -0.379 e. The molecule has 2 rings (SSSR count). The fourth-order valence-electron chi connectivity index (χ4n) is 3.00. The molecule has 4 N–H and O–H groups in total. The van der Waals surface area contributed by atoms with Crippen LogP contribution in [0.2, 0.25) is 0 Å². The fraction of sp³-hybridized carbons (Fsp3) is 0.750. The molecule has 0 saturated heterocycles. The molecular formula is C20H35N5O2. The quantitative estimate of drug-likeness (QED) is 0.671. The van der Waals surface area contributed by atoms with Crippen molar-refractivity contribution in [3.8, 4) is 0 Å². The van der Waals surface area contributed by atoms with E-state index in [1.54, 1.807) is 0 Å². The smallest absolute Gasteiger partial charge is 0.254 e. The standard InChI is InChI=1S/C20H35N5O2/c1-7-27-14-10-8-13(9-11-14)23-18-22-12-15(16(21)26)17(24-18)25-20(5,6)19(2,3)4/h12-14H,7-11H2,1-6H3,(H2,21,26)(H2,22,23,24,25)/t13-,14-. The lowest BCUT2D eigenvalue weighted by atomic mass is 9.76. The molecule has 0 aliphatic heterocycles. The molecule has 152 valence electrons. The Labute approximate surface area is 162 Å². The molecule has 0 atom stereocenters. The molecule has 0 unspecified atom stereocenters. The van der Waals surface area contributed by atoms with Crippen molar-refractivity contribution in [2.24, 2.45) is 11.1 Å². The van der Waals surface area contributed by atoms with E-state index < -0.39 is 5.91 Å². The number of primary amides is 1. The van der Waals surface area contributed by atoms with Crippen molar-refractivity contribution in [3.05, 3.63) is 11.8 Å². The number of aromatic nitrogens is 2. The number of carbonyl (C=O) groups is 1. The molecule has 0 radical (unpaired) electrons. The first-order chi connectivity index (χ1) is 12.5. The maximum Gasteiger partial charge on any atom is 0.254 e. The van der Waals surface area contributed by atoms with Crippen LogP contribution >= 0.6 is 0 Å². The van der Waals surface area contributed by atoms with Crippen molar-refractivity contribution in [1.82, 2.24) is 9.97 Å². The third-order valence-corrected chi connectivity index (χ3v) is 5.77. The number of hydrogen-bond acceptors (Lipinski definition) is 6. The Morgan fingerprint density at radius 2 is 1.85 bits per heavy atom. The van der Waals surface area contributed by atoms with Gasteiger partial charge in [-0.05, 0) is 51.9 Å². The molecule has 0 spiro atoms. The van der Waals surface area contributed by atoms with E-state index in [-0.39, 0.29) is 11.0 Å². The summed E-state index contributed by atoms with van der Waals surface area (Å²) in [5.41, 5.74) is 5.49. The van der Waals surface area contributed by atoms with Gasteiger partial charge in [-0.15, -0.1) is 0 Å². The van der Waals surface area contributed by atoms with Gasteiger partial charge in [-0.1, -0.05) is 20.8 Å². The molecular weight excluding hydrogens is 342 g/mol. The molecule has 0 aromatic carbocycles. The van der Waals surface area contributed by atoms with Gasteiger partial charge in [0.1, 0.15) is 5.82 Å². The minimum absolute atomic E-state index is 0.0435. The predicted octanol–water partition coefficient (Wildman–Crippen LogP) is 3.57. The van der Waals surface area contributed by atoms with E-state index >= 15 is 0 Å². The molecule has 1 heterocycles. The van der Waals surface area contributed by atoms with E-state index in [2.05, 4.69) is 55.2 Å². The van der Waals surface area contributed by atoms with Crippen LogP contribution < -0.4 is 16.4 Å². The summed E-state index contributed by atoms with van der Waals surface area (Å²) in [7, 11) is 0. The number of anilines is 2. The Kier molecular flexibility index (Phi) is 6.68. The van der Waals surface area contributed by atoms with E-state index in [9.17, 15) is 4.79 Å². The summed E-state index contributed by atoms with van der Waals surface area (Å²) >= 11 is 0. The molecule has 1 aromatic rings. The molecule has 7 nitrogen and oxygen atoms in total. The Bertz CT molecular complexity index is 646. The third-order valence-electron chi connectivity index (χ3n) is 5.77. The molecule has 27 heavy (non-hydrogen) atoms. The van der Waals surface area contributed by atoms with E-state index in [4.69, 9.17) is 10.5 Å². The number of ether oxygens (including phenoxy) is 1. The van der Waals surface area contributed by atoms with E-state index in [1.807, 2.05) is 6.92 Å². The molecule has 1 amide bonds. The summed E-state index contributed by atoms with van der Waals surface area (Å²) in [5, 5.41) is 6.80. The van der Waals surface area contributed by atoms with Crippen molar-refractivity contribution in [3.63, 3.8) is 0 Å². The number of rotatable bonds is 7. The molecule has 1 aliphatic carbocycles. The van der Waals surface area contributed by atoms with Gasteiger partial charge in [0, 0.05) is 24.4 Å². The maximum absolute atomic E-state index is 11.8. The number of nitrogens with zero attached hydrogens (tertiary/aromatic N) is 2. The highest BCUT2D eigenvalue weighted by molar-refractivity contribution is 5.97. The van der Waals surface area contributed by atoms with Gasteiger partial charge in [-0.25, -0.2) is 4.98 Å². The fourth-order valence-corrected chi connectivity index (χ4v) is 3.00. The second-order valence-electron chi connectivity index (χ2n) is 8.89.